The van der Waals surface area contributed by atoms with E-state index in [2.05, 4.69) is 29.4 Å². The summed E-state index contributed by atoms with van der Waals surface area (Å²) in [6.45, 7) is 5.12. The molecule has 0 aliphatic rings. The molecular formula is C20H26N5O2P. The molecule has 0 spiro atoms. The molecule has 0 amide bonds. The summed E-state index contributed by atoms with van der Waals surface area (Å²) in [6.07, 6.45) is 2.58. The summed E-state index contributed by atoms with van der Waals surface area (Å²) in [5, 5.41) is 13.7. The van der Waals surface area contributed by atoms with Gasteiger partial charge in [-0.2, -0.15) is 0 Å². The SMILES string of the molecule is CC(C)(COCC(O)CN(c1ccccc1)c1ccc2nccnc2n1)NP. The van der Waals surface area contributed by atoms with Crippen LogP contribution in [0.25, 0.3) is 11.2 Å². The van der Waals surface area contributed by atoms with E-state index in [0.29, 0.717) is 24.6 Å². The van der Waals surface area contributed by atoms with E-state index in [9.17, 15) is 5.11 Å². The van der Waals surface area contributed by atoms with Crippen molar-refractivity contribution in [2.75, 3.05) is 24.7 Å². The summed E-state index contributed by atoms with van der Waals surface area (Å²) in [5.74, 6) is 0.699. The van der Waals surface area contributed by atoms with Crippen LogP contribution in [0.15, 0.2) is 54.9 Å². The Labute approximate surface area is 167 Å². The molecule has 7 nitrogen and oxygen atoms in total. The maximum Gasteiger partial charge on any atom is 0.180 e. The first-order valence-corrected chi connectivity index (χ1v) is 9.70. The number of ether oxygens (including phenoxy) is 1. The number of nitrogens with one attached hydrogen (secondary N) is 1. The van der Waals surface area contributed by atoms with Gasteiger partial charge in [0.1, 0.15) is 11.3 Å². The van der Waals surface area contributed by atoms with E-state index >= 15 is 0 Å². The molecule has 0 aliphatic heterocycles. The number of rotatable bonds is 9. The third-order valence-corrected chi connectivity index (χ3v) is 5.00. The molecule has 2 unspecified atom stereocenters. The predicted octanol–water partition coefficient (Wildman–Crippen LogP) is 2.70. The van der Waals surface area contributed by atoms with Gasteiger partial charge < -0.3 is 14.7 Å². The number of aliphatic hydroxyl groups excluding tert-OH is 1. The zero-order chi connectivity index (χ0) is 20.0. The Bertz CT molecular complexity index is 894. The lowest BCUT2D eigenvalue weighted by molar-refractivity contribution is 0.0219. The predicted molar refractivity (Wildman–Crippen MR) is 115 cm³/mol. The highest BCUT2D eigenvalue weighted by Crippen LogP contribution is 2.25. The first-order valence-electron chi connectivity index (χ1n) is 9.12. The van der Waals surface area contributed by atoms with E-state index in [-0.39, 0.29) is 12.1 Å². The van der Waals surface area contributed by atoms with Gasteiger partial charge in [-0.1, -0.05) is 27.6 Å². The van der Waals surface area contributed by atoms with Crippen LogP contribution in [0.3, 0.4) is 0 Å². The molecule has 0 radical (unpaired) electrons. The molecule has 0 fully saturated rings. The molecule has 0 aliphatic carbocycles. The number of fused-ring (bicyclic) bond motifs is 1. The van der Waals surface area contributed by atoms with Gasteiger partial charge in [0, 0.05) is 23.6 Å². The quantitative estimate of drug-likeness (QED) is 0.535. The van der Waals surface area contributed by atoms with Crippen LogP contribution in [0.5, 0.6) is 0 Å². The standard InChI is InChI=1S/C20H26N5O2P/c1-20(2,24-28)14-27-13-16(26)12-25(15-6-4-3-5-7-15)18-9-8-17-19(23-18)22-11-10-21-17/h3-11,16,24,26H,12-14,28H2,1-2H3. The highest BCUT2D eigenvalue weighted by Gasteiger charge is 2.19. The summed E-state index contributed by atoms with van der Waals surface area (Å²) in [5.41, 5.74) is 2.06. The van der Waals surface area contributed by atoms with Gasteiger partial charge in [0.15, 0.2) is 5.65 Å². The van der Waals surface area contributed by atoms with Gasteiger partial charge in [-0.15, -0.1) is 0 Å². The van der Waals surface area contributed by atoms with E-state index in [4.69, 9.17) is 4.74 Å². The zero-order valence-corrected chi connectivity index (χ0v) is 17.3. The van der Waals surface area contributed by atoms with Crippen molar-refractivity contribution >= 4 is 32.1 Å². The number of nitrogens with zero attached hydrogens (tertiary/aromatic N) is 4. The van der Waals surface area contributed by atoms with Crippen LogP contribution in [-0.4, -0.2) is 51.5 Å². The lowest BCUT2D eigenvalue weighted by Crippen LogP contribution is -2.39. The number of hydrogen-bond donors (Lipinski definition) is 2. The second-order valence-corrected chi connectivity index (χ2v) is 7.50. The third-order valence-electron chi connectivity index (χ3n) is 4.22. The van der Waals surface area contributed by atoms with Gasteiger partial charge in [0.05, 0.1) is 25.9 Å². The molecule has 2 aromatic heterocycles. The van der Waals surface area contributed by atoms with Gasteiger partial charge in [0.2, 0.25) is 0 Å². The van der Waals surface area contributed by atoms with Crippen molar-refractivity contribution in [2.45, 2.75) is 25.5 Å². The molecular weight excluding hydrogens is 373 g/mol. The summed E-state index contributed by atoms with van der Waals surface area (Å²) in [7, 11) is 2.49. The van der Waals surface area contributed by atoms with Crippen molar-refractivity contribution in [1.29, 1.82) is 0 Å². The van der Waals surface area contributed by atoms with Crippen LogP contribution in [-0.2, 0) is 4.74 Å². The summed E-state index contributed by atoms with van der Waals surface area (Å²) in [4.78, 5) is 15.1. The Morgan fingerprint density at radius 1 is 1.14 bits per heavy atom. The molecule has 0 saturated heterocycles. The summed E-state index contributed by atoms with van der Waals surface area (Å²) >= 11 is 0. The molecule has 2 heterocycles. The maximum absolute atomic E-state index is 10.6. The first kappa shape index (κ1) is 20.6. The normalized spacial score (nSPS) is 12.9. The number of aromatic nitrogens is 3. The van der Waals surface area contributed by atoms with E-state index in [1.54, 1.807) is 12.4 Å². The van der Waals surface area contributed by atoms with Crippen molar-refractivity contribution in [3.05, 3.63) is 54.9 Å². The van der Waals surface area contributed by atoms with Gasteiger partial charge >= 0.3 is 0 Å². The van der Waals surface area contributed by atoms with E-state index in [1.807, 2.05) is 61.2 Å². The molecule has 2 N–H and O–H groups in total. The highest BCUT2D eigenvalue weighted by molar-refractivity contribution is 7.13. The number of benzene rings is 1. The number of pyridine rings is 1. The summed E-state index contributed by atoms with van der Waals surface area (Å²) < 4.78 is 5.70. The number of anilines is 2. The van der Waals surface area contributed by atoms with Crippen molar-refractivity contribution in [3.8, 4) is 0 Å². The molecule has 3 rings (SSSR count). The number of hydrogen-bond acceptors (Lipinski definition) is 7. The molecule has 2 atom stereocenters. The van der Waals surface area contributed by atoms with E-state index in [0.717, 1.165) is 11.2 Å². The molecule has 1 aromatic carbocycles. The fourth-order valence-corrected chi connectivity index (χ4v) is 2.77. The maximum atomic E-state index is 10.6. The van der Waals surface area contributed by atoms with Gasteiger partial charge in [-0.05, 0) is 38.1 Å². The monoisotopic (exact) mass is 399 g/mol. The first-order chi connectivity index (χ1) is 13.5. The molecule has 0 saturated carbocycles. The van der Waals surface area contributed by atoms with Crippen molar-refractivity contribution < 1.29 is 9.84 Å². The lowest BCUT2D eigenvalue weighted by Gasteiger charge is -2.28. The molecule has 0 bridgehead atoms. The smallest absolute Gasteiger partial charge is 0.180 e. The van der Waals surface area contributed by atoms with Crippen LogP contribution < -0.4 is 9.99 Å². The number of para-hydroxylation sites is 1. The second-order valence-electron chi connectivity index (χ2n) is 7.21. The molecule has 148 valence electrons. The van der Waals surface area contributed by atoms with E-state index in [1.165, 1.54) is 0 Å². The Balaban J connectivity index is 1.77. The topological polar surface area (TPSA) is 83.4 Å². The average molecular weight is 399 g/mol. The van der Waals surface area contributed by atoms with Crippen LogP contribution in [0.4, 0.5) is 11.5 Å². The number of aliphatic hydroxyl groups is 1. The molecule has 3 aromatic rings. The Morgan fingerprint density at radius 2 is 1.89 bits per heavy atom. The lowest BCUT2D eigenvalue weighted by atomic mass is 10.1. The van der Waals surface area contributed by atoms with Crippen LogP contribution >= 0.6 is 9.39 Å². The average Bonchev–Trinajstić information content (AvgIpc) is 2.72. The Kier molecular flexibility index (Phi) is 6.86. The van der Waals surface area contributed by atoms with Crippen molar-refractivity contribution in [1.82, 2.24) is 20.0 Å². The fraction of sp³-hybridized carbons (Fsp3) is 0.350. The fourth-order valence-electron chi connectivity index (χ4n) is 2.69. The summed E-state index contributed by atoms with van der Waals surface area (Å²) in [6, 6.07) is 13.6. The van der Waals surface area contributed by atoms with Crippen LogP contribution in [0.2, 0.25) is 0 Å². The van der Waals surface area contributed by atoms with Crippen molar-refractivity contribution in [2.24, 2.45) is 0 Å². The largest absolute Gasteiger partial charge is 0.389 e. The highest BCUT2D eigenvalue weighted by atomic mass is 31.0. The zero-order valence-electron chi connectivity index (χ0n) is 16.1. The Hall–Kier alpha value is -2.18. The minimum Gasteiger partial charge on any atom is -0.389 e. The Morgan fingerprint density at radius 3 is 2.64 bits per heavy atom. The van der Waals surface area contributed by atoms with Crippen LogP contribution in [0, 0.1) is 0 Å². The van der Waals surface area contributed by atoms with Crippen LogP contribution in [0.1, 0.15) is 13.8 Å². The minimum atomic E-state index is -0.681. The van der Waals surface area contributed by atoms with Gasteiger partial charge in [-0.3, -0.25) is 10.1 Å². The third kappa shape index (κ3) is 5.42. The van der Waals surface area contributed by atoms with E-state index < -0.39 is 6.10 Å². The minimum absolute atomic E-state index is 0.178. The van der Waals surface area contributed by atoms with Gasteiger partial charge in [0.25, 0.3) is 0 Å². The molecule has 8 heteroatoms. The van der Waals surface area contributed by atoms with Crippen molar-refractivity contribution in [3.63, 3.8) is 0 Å². The molecule has 28 heavy (non-hydrogen) atoms. The second kappa shape index (κ2) is 9.34. The van der Waals surface area contributed by atoms with Gasteiger partial charge in [-0.25, -0.2) is 9.97 Å².